The van der Waals surface area contributed by atoms with Crippen LogP contribution < -0.4 is 10.5 Å². The van der Waals surface area contributed by atoms with Crippen molar-refractivity contribution in [1.82, 2.24) is 4.90 Å². The Morgan fingerprint density at radius 2 is 1.74 bits per heavy atom. The highest BCUT2D eigenvalue weighted by molar-refractivity contribution is 7.89. The third-order valence-electron chi connectivity index (χ3n) is 4.03. The van der Waals surface area contributed by atoms with Crippen LogP contribution in [0.3, 0.4) is 0 Å². The molecule has 0 saturated heterocycles. The molecular formula is C17H18F3N3O3S. The van der Waals surface area contributed by atoms with Gasteiger partial charge in [-0.15, -0.1) is 0 Å². The predicted molar refractivity (Wildman–Crippen MR) is 94.5 cm³/mol. The van der Waals surface area contributed by atoms with Gasteiger partial charge in [-0.25, -0.2) is 18.4 Å². The summed E-state index contributed by atoms with van der Waals surface area (Å²) in [4.78, 5) is 13.6. The SMILES string of the molecule is CC(c1ccc(S(N)(=O)=O)cc1)N(C)C(=O)Nc1cccc(C(F)(F)F)c1. The van der Waals surface area contributed by atoms with Crippen LogP contribution in [0.25, 0.3) is 0 Å². The zero-order valence-electron chi connectivity index (χ0n) is 14.5. The van der Waals surface area contributed by atoms with Crippen molar-refractivity contribution in [3.63, 3.8) is 0 Å². The van der Waals surface area contributed by atoms with Crippen LogP contribution in [0.15, 0.2) is 53.4 Å². The monoisotopic (exact) mass is 401 g/mol. The number of primary sulfonamides is 1. The van der Waals surface area contributed by atoms with Gasteiger partial charge in [0, 0.05) is 12.7 Å². The van der Waals surface area contributed by atoms with Crippen LogP contribution >= 0.6 is 0 Å². The van der Waals surface area contributed by atoms with E-state index in [1.54, 1.807) is 6.92 Å². The second-order valence-electron chi connectivity index (χ2n) is 5.91. The highest BCUT2D eigenvalue weighted by Crippen LogP contribution is 2.31. The van der Waals surface area contributed by atoms with Gasteiger partial charge >= 0.3 is 12.2 Å². The first-order valence-electron chi connectivity index (χ1n) is 7.73. The maximum absolute atomic E-state index is 12.8. The number of hydrogen-bond acceptors (Lipinski definition) is 3. The van der Waals surface area contributed by atoms with Crippen LogP contribution in [-0.2, 0) is 16.2 Å². The quantitative estimate of drug-likeness (QED) is 0.820. The number of anilines is 1. The summed E-state index contributed by atoms with van der Waals surface area (Å²) in [5, 5.41) is 7.45. The van der Waals surface area contributed by atoms with E-state index in [-0.39, 0.29) is 10.6 Å². The van der Waals surface area contributed by atoms with E-state index in [4.69, 9.17) is 5.14 Å². The number of amides is 2. The summed E-state index contributed by atoms with van der Waals surface area (Å²) in [5.74, 6) is 0. The lowest BCUT2D eigenvalue weighted by Gasteiger charge is -2.26. The molecule has 2 aromatic rings. The smallest absolute Gasteiger partial charge is 0.321 e. The van der Waals surface area contributed by atoms with Gasteiger partial charge in [-0.3, -0.25) is 0 Å². The van der Waals surface area contributed by atoms with Gasteiger partial charge < -0.3 is 10.2 Å². The summed E-state index contributed by atoms with van der Waals surface area (Å²) in [5.41, 5.74) is -0.225. The lowest BCUT2D eigenvalue weighted by Crippen LogP contribution is -2.33. The fourth-order valence-corrected chi connectivity index (χ4v) is 2.84. The van der Waals surface area contributed by atoms with Gasteiger partial charge in [-0.05, 0) is 42.8 Å². The molecule has 1 atom stereocenters. The van der Waals surface area contributed by atoms with Crippen LogP contribution in [0.4, 0.5) is 23.7 Å². The second-order valence-corrected chi connectivity index (χ2v) is 7.47. The first-order chi connectivity index (χ1) is 12.4. The molecule has 0 aliphatic heterocycles. The Bertz CT molecular complexity index is 928. The number of sulfonamides is 1. The Hall–Kier alpha value is -2.59. The summed E-state index contributed by atoms with van der Waals surface area (Å²) in [6.45, 7) is 1.69. The van der Waals surface area contributed by atoms with Gasteiger partial charge in [0.1, 0.15) is 0 Å². The van der Waals surface area contributed by atoms with Crippen molar-refractivity contribution >= 4 is 21.7 Å². The van der Waals surface area contributed by atoms with Gasteiger partial charge in [0.15, 0.2) is 0 Å². The molecule has 2 aromatic carbocycles. The molecule has 0 aliphatic carbocycles. The molecule has 0 heterocycles. The molecule has 27 heavy (non-hydrogen) atoms. The fourth-order valence-electron chi connectivity index (χ4n) is 2.32. The van der Waals surface area contributed by atoms with Gasteiger partial charge in [-0.1, -0.05) is 18.2 Å². The van der Waals surface area contributed by atoms with Crippen molar-refractivity contribution in [3.8, 4) is 0 Å². The van der Waals surface area contributed by atoms with Gasteiger partial charge in [0.05, 0.1) is 16.5 Å². The summed E-state index contributed by atoms with van der Waals surface area (Å²) in [6.07, 6.45) is -4.51. The van der Waals surface area contributed by atoms with Crippen molar-refractivity contribution < 1.29 is 26.4 Å². The number of benzene rings is 2. The van der Waals surface area contributed by atoms with E-state index in [9.17, 15) is 26.4 Å². The minimum absolute atomic E-state index is 0.0125. The van der Waals surface area contributed by atoms with Crippen LogP contribution in [0.5, 0.6) is 0 Å². The molecule has 3 N–H and O–H groups in total. The van der Waals surface area contributed by atoms with E-state index in [1.807, 2.05) is 0 Å². The van der Waals surface area contributed by atoms with Crippen molar-refractivity contribution in [2.75, 3.05) is 12.4 Å². The Morgan fingerprint density at radius 3 is 2.26 bits per heavy atom. The van der Waals surface area contributed by atoms with E-state index in [0.717, 1.165) is 12.1 Å². The Morgan fingerprint density at radius 1 is 1.15 bits per heavy atom. The number of nitrogens with zero attached hydrogens (tertiary/aromatic N) is 1. The van der Waals surface area contributed by atoms with Crippen molar-refractivity contribution in [3.05, 3.63) is 59.7 Å². The molecule has 0 fully saturated rings. The zero-order valence-corrected chi connectivity index (χ0v) is 15.3. The van der Waals surface area contributed by atoms with E-state index in [1.165, 1.54) is 48.3 Å². The molecule has 6 nitrogen and oxygen atoms in total. The number of hydrogen-bond donors (Lipinski definition) is 2. The first kappa shape index (κ1) is 20.7. The minimum Gasteiger partial charge on any atom is -0.321 e. The van der Waals surface area contributed by atoms with E-state index in [0.29, 0.717) is 5.56 Å². The van der Waals surface area contributed by atoms with Crippen LogP contribution in [0, 0.1) is 0 Å². The largest absolute Gasteiger partial charge is 0.416 e. The highest BCUT2D eigenvalue weighted by atomic mass is 32.2. The number of alkyl halides is 3. The molecule has 2 amide bonds. The van der Waals surface area contributed by atoms with Crippen LogP contribution in [0.2, 0.25) is 0 Å². The van der Waals surface area contributed by atoms with Crippen LogP contribution in [-0.4, -0.2) is 26.4 Å². The molecule has 10 heteroatoms. The number of nitrogens with one attached hydrogen (secondary N) is 1. The maximum atomic E-state index is 12.8. The third kappa shape index (κ3) is 5.20. The van der Waals surface area contributed by atoms with E-state index < -0.39 is 33.8 Å². The Balaban J connectivity index is 2.13. The standard InChI is InChI=1S/C17H18F3N3O3S/c1-11(12-6-8-15(9-7-12)27(21,25)26)23(2)16(24)22-14-5-3-4-13(10-14)17(18,19)20/h3-11H,1-2H3,(H,22,24)(H2,21,25,26). The number of urea groups is 1. The van der Waals surface area contributed by atoms with Crippen LogP contribution in [0.1, 0.15) is 24.1 Å². The first-order valence-corrected chi connectivity index (χ1v) is 9.28. The minimum atomic E-state index is -4.51. The van der Waals surface area contributed by atoms with E-state index >= 15 is 0 Å². The normalized spacial score (nSPS) is 13.1. The molecule has 1 unspecified atom stereocenters. The number of nitrogens with two attached hydrogens (primary N) is 1. The van der Waals surface area contributed by atoms with Crippen molar-refractivity contribution in [2.24, 2.45) is 5.14 Å². The lowest BCUT2D eigenvalue weighted by molar-refractivity contribution is -0.137. The number of carbonyl (C=O) groups excluding carboxylic acids is 1. The highest BCUT2D eigenvalue weighted by Gasteiger charge is 2.30. The van der Waals surface area contributed by atoms with Crippen molar-refractivity contribution in [2.45, 2.75) is 24.0 Å². The topological polar surface area (TPSA) is 92.5 Å². The number of carbonyl (C=O) groups is 1. The number of rotatable bonds is 4. The van der Waals surface area contributed by atoms with Gasteiger partial charge in [0.25, 0.3) is 0 Å². The van der Waals surface area contributed by atoms with E-state index in [2.05, 4.69) is 5.32 Å². The lowest BCUT2D eigenvalue weighted by atomic mass is 10.1. The Kier molecular flexibility index (Phi) is 5.81. The molecule has 146 valence electrons. The maximum Gasteiger partial charge on any atom is 0.416 e. The molecule has 0 aromatic heterocycles. The molecule has 0 spiro atoms. The molecule has 0 aliphatic rings. The molecule has 2 rings (SSSR count). The zero-order chi connectivity index (χ0) is 20.4. The number of halogens is 3. The summed E-state index contributed by atoms with van der Waals surface area (Å²) in [7, 11) is -2.35. The van der Waals surface area contributed by atoms with Gasteiger partial charge in [0.2, 0.25) is 10.0 Å². The summed E-state index contributed by atoms with van der Waals surface area (Å²) >= 11 is 0. The predicted octanol–water partition coefficient (Wildman–Crippen LogP) is 3.58. The Labute approximate surface area is 154 Å². The molecule has 0 radical (unpaired) electrons. The average Bonchev–Trinajstić information content (AvgIpc) is 2.59. The fraction of sp³-hybridized carbons (Fsp3) is 0.235. The second kappa shape index (κ2) is 7.57. The van der Waals surface area contributed by atoms with Crippen molar-refractivity contribution in [1.29, 1.82) is 0 Å². The molecule has 0 saturated carbocycles. The summed E-state index contributed by atoms with van der Waals surface area (Å²) < 4.78 is 60.8. The molecular weight excluding hydrogens is 383 g/mol. The molecule has 0 bridgehead atoms. The average molecular weight is 401 g/mol. The summed E-state index contributed by atoms with van der Waals surface area (Å²) in [6, 6.07) is 8.89. The van der Waals surface area contributed by atoms with Gasteiger partial charge in [-0.2, -0.15) is 13.2 Å². The third-order valence-corrected chi connectivity index (χ3v) is 4.96.